The Hall–Kier alpha value is -0.120. The predicted octanol–water partition coefficient (Wildman–Crippen LogP) is 1.45. The van der Waals surface area contributed by atoms with Gasteiger partial charge in [0.25, 0.3) is 0 Å². The van der Waals surface area contributed by atoms with E-state index in [0.717, 1.165) is 13.1 Å². The Morgan fingerprint density at radius 1 is 1.19 bits per heavy atom. The second kappa shape index (κ2) is 5.48. The zero-order chi connectivity index (χ0) is 12.2. The van der Waals surface area contributed by atoms with E-state index in [1.807, 2.05) is 0 Å². The van der Waals surface area contributed by atoms with Gasteiger partial charge in [-0.3, -0.25) is 4.90 Å². The van der Waals surface area contributed by atoms with Gasteiger partial charge >= 0.3 is 0 Å². The van der Waals surface area contributed by atoms with E-state index in [1.54, 1.807) is 0 Å². The Kier molecular flexibility index (Phi) is 4.77. The molecule has 0 aromatic heterocycles. The summed E-state index contributed by atoms with van der Waals surface area (Å²) < 4.78 is 0. The number of nitrogens with zero attached hydrogens (tertiary/aromatic N) is 1. The minimum Gasteiger partial charge on any atom is -0.314 e. The molecule has 3 nitrogen and oxygen atoms in total. The van der Waals surface area contributed by atoms with Crippen LogP contribution >= 0.6 is 0 Å². The first kappa shape index (κ1) is 13.9. The highest BCUT2D eigenvalue weighted by Gasteiger charge is 2.34. The van der Waals surface area contributed by atoms with Crippen molar-refractivity contribution in [1.82, 2.24) is 15.5 Å². The molecule has 1 fully saturated rings. The second-order valence-electron chi connectivity index (χ2n) is 5.89. The Morgan fingerprint density at radius 3 is 2.19 bits per heavy atom. The first-order chi connectivity index (χ1) is 7.43. The van der Waals surface area contributed by atoms with E-state index >= 15 is 0 Å². The van der Waals surface area contributed by atoms with Gasteiger partial charge in [0.2, 0.25) is 0 Å². The zero-order valence-corrected chi connectivity index (χ0v) is 11.7. The number of piperazine rings is 1. The third-order valence-corrected chi connectivity index (χ3v) is 4.18. The van der Waals surface area contributed by atoms with Gasteiger partial charge in [-0.15, -0.1) is 0 Å². The summed E-state index contributed by atoms with van der Waals surface area (Å²) in [6.07, 6.45) is 2.38. The van der Waals surface area contributed by atoms with Gasteiger partial charge in [-0.25, -0.2) is 0 Å². The van der Waals surface area contributed by atoms with E-state index in [0.29, 0.717) is 0 Å². The van der Waals surface area contributed by atoms with Crippen molar-refractivity contribution in [2.75, 3.05) is 33.2 Å². The summed E-state index contributed by atoms with van der Waals surface area (Å²) in [5.74, 6) is 0. The molecule has 1 unspecified atom stereocenters. The zero-order valence-electron chi connectivity index (χ0n) is 11.7. The van der Waals surface area contributed by atoms with E-state index < -0.39 is 0 Å². The summed E-state index contributed by atoms with van der Waals surface area (Å²) in [7, 11) is 2.08. The summed E-state index contributed by atoms with van der Waals surface area (Å²) in [6.45, 7) is 14.0. The third kappa shape index (κ3) is 3.44. The molecule has 0 aromatic carbocycles. The average Bonchev–Trinajstić information content (AvgIpc) is 2.29. The average molecular weight is 227 g/mol. The molecule has 1 atom stereocenters. The van der Waals surface area contributed by atoms with Crippen molar-refractivity contribution in [1.29, 1.82) is 0 Å². The van der Waals surface area contributed by atoms with Crippen molar-refractivity contribution in [2.24, 2.45) is 0 Å². The standard InChI is InChI=1S/C13H29N3/c1-6-13(4,14-5)11-12(2,3)16-9-7-15-8-10-16/h14-15H,6-11H2,1-5H3. The summed E-state index contributed by atoms with van der Waals surface area (Å²) in [4.78, 5) is 2.62. The van der Waals surface area contributed by atoms with Crippen LogP contribution in [0.3, 0.4) is 0 Å². The van der Waals surface area contributed by atoms with E-state index in [1.165, 1.54) is 25.9 Å². The van der Waals surface area contributed by atoms with Crippen LogP contribution in [0.4, 0.5) is 0 Å². The summed E-state index contributed by atoms with van der Waals surface area (Å²) >= 11 is 0. The van der Waals surface area contributed by atoms with E-state index in [-0.39, 0.29) is 11.1 Å². The van der Waals surface area contributed by atoms with Gasteiger partial charge in [0.1, 0.15) is 0 Å². The quantitative estimate of drug-likeness (QED) is 0.744. The van der Waals surface area contributed by atoms with Gasteiger partial charge in [-0.2, -0.15) is 0 Å². The molecule has 0 aliphatic carbocycles. The van der Waals surface area contributed by atoms with Crippen LogP contribution in [-0.2, 0) is 0 Å². The highest BCUT2D eigenvalue weighted by molar-refractivity contribution is 4.94. The second-order valence-corrected chi connectivity index (χ2v) is 5.89. The molecule has 1 saturated heterocycles. The molecular formula is C13H29N3. The predicted molar refractivity (Wildman–Crippen MR) is 70.9 cm³/mol. The fourth-order valence-corrected chi connectivity index (χ4v) is 2.73. The van der Waals surface area contributed by atoms with Crippen LogP contribution in [0.2, 0.25) is 0 Å². The maximum Gasteiger partial charge on any atom is 0.0171 e. The summed E-state index contributed by atoms with van der Waals surface area (Å²) in [6, 6.07) is 0. The van der Waals surface area contributed by atoms with Crippen LogP contribution in [-0.4, -0.2) is 49.2 Å². The normalized spacial score (nSPS) is 23.1. The molecule has 1 rings (SSSR count). The maximum absolute atomic E-state index is 3.48. The summed E-state index contributed by atoms with van der Waals surface area (Å²) in [5.41, 5.74) is 0.546. The van der Waals surface area contributed by atoms with Crippen LogP contribution in [0.15, 0.2) is 0 Å². The monoisotopic (exact) mass is 227 g/mol. The van der Waals surface area contributed by atoms with Gasteiger partial charge in [0.05, 0.1) is 0 Å². The van der Waals surface area contributed by atoms with Crippen LogP contribution < -0.4 is 10.6 Å². The first-order valence-corrected chi connectivity index (χ1v) is 6.58. The van der Waals surface area contributed by atoms with E-state index in [9.17, 15) is 0 Å². The van der Waals surface area contributed by atoms with E-state index in [4.69, 9.17) is 0 Å². The smallest absolute Gasteiger partial charge is 0.0171 e. The minimum atomic E-state index is 0.258. The van der Waals surface area contributed by atoms with Gasteiger partial charge in [0, 0.05) is 37.3 Å². The Morgan fingerprint density at radius 2 is 1.75 bits per heavy atom. The largest absolute Gasteiger partial charge is 0.314 e. The topological polar surface area (TPSA) is 27.3 Å². The van der Waals surface area contributed by atoms with E-state index in [2.05, 4.69) is 50.3 Å². The lowest BCUT2D eigenvalue weighted by molar-refractivity contribution is 0.0687. The van der Waals surface area contributed by atoms with Crippen LogP contribution in [0.25, 0.3) is 0 Å². The van der Waals surface area contributed by atoms with Crippen molar-refractivity contribution < 1.29 is 0 Å². The lowest BCUT2D eigenvalue weighted by atomic mass is 9.82. The molecule has 16 heavy (non-hydrogen) atoms. The summed E-state index contributed by atoms with van der Waals surface area (Å²) in [5, 5.41) is 6.90. The fourth-order valence-electron chi connectivity index (χ4n) is 2.73. The number of nitrogens with one attached hydrogen (secondary N) is 2. The lowest BCUT2D eigenvalue weighted by Gasteiger charge is -2.46. The van der Waals surface area contributed by atoms with Gasteiger partial charge < -0.3 is 10.6 Å². The van der Waals surface area contributed by atoms with Gasteiger partial charge in [-0.1, -0.05) is 6.92 Å². The number of rotatable bonds is 5. The Labute approximate surface area is 101 Å². The van der Waals surface area contributed by atoms with Crippen molar-refractivity contribution >= 4 is 0 Å². The van der Waals surface area contributed by atoms with Crippen molar-refractivity contribution in [3.05, 3.63) is 0 Å². The molecule has 0 aromatic rings. The fraction of sp³-hybridized carbons (Fsp3) is 1.00. The number of hydrogen-bond donors (Lipinski definition) is 2. The van der Waals surface area contributed by atoms with Crippen molar-refractivity contribution in [3.8, 4) is 0 Å². The highest BCUT2D eigenvalue weighted by atomic mass is 15.2. The van der Waals surface area contributed by atoms with Gasteiger partial charge in [-0.05, 0) is 40.7 Å². The lowest BCUT2D eigenvalue weighted by Crippen LogP contribution is -2.57. The molecule has 2 N–H and O–H groups in total. The maximum atomic E-state index is 3.48. The molecule has 0 amide bonds. The molecule has 3 heteroatoms. The molecule has 0 spiro atoms. The van der Waals surface area contributed by atoms with Crippen LogP contribution in [0, 0.1) is 0 Å². The van der Waals surface area contributed by atoms with Crippen LogP contribution in [0.5, 0.6) is 0 Å². The molecule has 96 valence electrons. The molecule has 0 saturated carbocycles. The molecule has 0 radical (unpaired) electrons. The molecule has 1 aliphatic heterocycles. The van der Waals surface area contributed by atoms with Crippen molar-refractivity contribution in [3.63, 3.8) is 0 Å². The Balaban J connectivity index is 2.61. The minimum absolute atomic E-state index is 0.258. The first-order valence-electron chi connectivity index (χ1n) is 6.58. The van der Waals surface area contributed by atoms with Gasteiger partial charge in [0.15, 0.2) is 0 Å². The molecule has 0 bridgehead atoms. The Bertz CT molecular complexity index is 203. The SMILES string of the molecule is CCC(C)(CC(C)(C)N1CCNCC1)NC. The van der Waals surface area contributed by atoms with Crippen LogP contribution in [0.1, 0.15) is 40.5 Å². The highest BCUT2D eigenvalue weighted by Crippen LogP contribution is 2.28. The molecule has 1 aliphatic rings. The van der Waals surface area contributed by atoms with Crippen molar-refractivity contribution in [2.45, 2.75) is 51.6 Å². The molecular weight excluding hydrogens is 198 g/mol. The third-order valence-electron chi connectivity index (χ3n) is 4.18. The number of hydrogen-bond acceptors (Lipinski definition) is 3. The molecule has 1 heterocycles.